The number of rotatable bonds is 13. The minimum absolute atomic E-state index is 0.0606. The molecular weight excluding hydrogens is 582 g/mol. The van der Waals surface area contributed by atoms with Gasteiger partial charge in [0.2, 0.25) is 11.8 Å². The van der Waals surface area contributed by atoms with Crippen LogP contribution in [0.4, 0.5) is 5.69 Å². The van der Waals surface area contributed by atoms with Crippen LogP contribution in [0.5, 0.6) is 5.75 Å². The molecule has 0 radical (unpaired) electrons. The molecule has 2 amide bonds. The lowest BCUT2D eigenvalue weighted by Crippen LogP contribution is -2.51. The van der Waals surface area contributed by atoms with E-state index in [0.717, 1.165) is 27.2 Å². The minimum Gasteiger partial charge on any atom is -0.497 e. The van der Waals surface area contributed by atoms with Crippen molar-refractivity contribution in [1.82, 2.24) is 10.2 Å². The minimum atomic E-state index is -4.09. The van der Waals surface area contributed by atoms with Crippen LogP contribution in [0.1, 0.15) is 32.3 Å². The van der Waals surface area contributed by atoms with Crippen LogP contribution in [0.2, 0.25) is 0 Å². The van der Waals surface area contributed by atoms with Gasteiger partial charge in [0.1, 0.15) is 18.3 Å². The molecule has 0 fully saturated rings. The summed E-state index contributed by atoms with van der Waals surface area (Å²) in [6.45, 7) is 3.77. The second-order valence-corrected chi connectivity index (χ2v) is 11.8. The third-order valence-corrected chi connectivity index (χ3v) is 8.53. The Bertz CT molecular complexity index is 1350. The molecule has 1 unspecified atom stereocenters. The Labute approximate surface area is 239 Å². The summed E-state index contributed by atoms with van der Waals surface area (Å²) in [5.41, 5.74) is 1.08. The van der Waals surface area contributed by atoms with E-state index in [1.807, 2.05) is 13.0 Å². The quantitative estimate of drug-likeness (QED) is 0.273. The van der Waals surface area contributed by atoms with E-state index in [2.05, 4.69) is 21.2 Å². The van der Waals surface area contributed by atoms with Crippen molar-refractivity contribution in [2.45, 2.75) is 44.2 Å². The van der Waals surface area contributed by atoms with Crippen molar-refractivity contribution >= 4 is 43.5 Å². The van der Waals surface area contributed by atoms with Crippen LogP contribution in [0.25, 0.3) is 0 Å². The second-order valence-electron chi connectivity index (χ2n) is 8.99. The van der Waals surface area contributed by atoms with E-state index in [-0.39, 0.29) is 17.3 Å². The molecule has 0 aromatic heterocycles. The highest BCUT2D eigenvalue weighted by molar-refractivity contribution is 9.10. The first kappa shape index (κ1) is 30.2. The Morgan fingerprint density at radius 3 is 2.33 bits per heavy atom. The van der Waals surface area contributed by atoms with Crippen LogP contribution in [0.15, 0.2) is 88.2 Å². The normalized spacial score (nSPS) is 11.9. The Balaban J connectivity index is 1.99. The van der Waals surface area contributed by atoms with E-state index >= 15 is 0 Å². The van der Waals surface area contributed by atoms with Crippen molar-refractivity contribution in [2.75, 3.05) is 24.5 Å². The molecule has 0 heterocycles. The third-order valence-electron chi connectivity index (χ3n) is 6.21. The maximum absolute atomic E-state index is 13.9. The monoisotopic (exact) mass is 615 g/mol. The van der Waals surface area contributed by atoms with Gasteiger partial charge in [-0.15, -0.1) is 0 Å². The number of ether oxygens (including phenoxy) is 1. The van der Waals surface area contributed by atoms with Gasteiger partial charge in [-0.2, -0.15) is 0 Å². The molecule has 3 rings (SSSR count). The zero-order valence-corrected chi connectivity index (χ0v) is 24.7. The topological polar surface area (TPSA) is 96.0 Å². The molecule has 3 aromatic carbocycles. The highest BCUT2D eigenvalue weighted by atomic mass is 79.9. The number of nitrogens with zero attached hydrogens (tertiary/aromatic N) is 2. The summed E-state index contributed by atoms with van der Waals surface area (Å²) in [5.74, 6) is -0.206. The summed E-state index contributed by atoms with van der Waals surface area (Å²) in [5, 5.41) is 2.88. The van der Waals surface area contributed by atoms with E-state index in [1.54, 1.807) is 74.7 Å². The number of carbonyl (C=O) groups is 2. The summed E-state index contributed by atoms with van der Waals surface area (Å²) >= 11 is 3.38. The van der Waals surface area contributed by atoms with Crippen molar-refractivity contribution in [3.8, 4) is 5.75 Å². The first-order chi connectivity index (χ1) is 18.7. The van der Waals surface area contributed by atoms with E-state index in [0.29, 0.717) is 18.0 Å². The van der Waals surface area contributed by atoms with Gasteiger partial charge < -0.3 is 15.0 Å². The fourth-order valence-electron chi connectivity index (χ4n) is 3.94. The Morgan fingerprint density at radius 2 is 1.69 bits per heavy atom. The van der Waals surface area contributed by atoms with Crippen LogP contribution in [0.3, 0.4) is 0 Å². The van der Waals surface area contributed by atoms with Crippen LogP contribution < -0.4 is 14.4 Å². The number of hydrogen-bond acceptors (Lipinski definition) is 5. The maximum Gasteiger partial charge on any atom is 0.264 e. The van der Waals surface area contributed by atoms with Gasteiger partial charge in [0, 0.05) is 17.6 Å². The molecule has 1 N–H and O–H groups in total. The molecule has 0 aliphatic rings. The first-order valence-corrected chi connectivity index (χ1v) is 14.9. The lowest BCUT2D eigenvalue weighted by molar-refractivity contribution is -0.139. The molecule has 0 bridgehead atoms. The summed E-state index contributed by atoms with van der Waals surface area (Å²) in [7, 11) is -2.54. The number of carbonyl (C=O) groups excluding carboxylic acids is 2. The molecular formula is C29H34BrN3O5S. The lowest BCUT2D eigenvalue weighted by atomic mass is 10.1. The number of halogens is 1. The number of benzene rings is 3. The molecule has 39 heavy (non-hydrogen) atoms. The van der Waals surface area contributed by atoms with Gasteiger partial charge in [0.25, 0.3) is 10.0 Å². The average Bonchev–Trinajstić information content (AvgIpc) is 2.95. The van der Waals surface area contributed by atoms with Gasteiger partial charge in [-0.05, 0) is 67.4 Å². The number of anilines is 1. The number of methoxy groups -OCH3 is 1. The molecule has 1 atom stereocenters. The van der Waals surface area contributed by atoms with Crippen LogP contribution >= 0.6 is 15.9 Å². The number of amides is 2. The molecule has 10 heteroatoms. The Hall–Kier alpha value is -3.37. The molecule has 3 aromatic rings. The third kappa shape index (κ3) is 8.06. The van der Waals surface area contributed by atoms with Gasteiger partial charge in [0.05, 0.1) is 17.7 Å². The van der Waals surface area contributed by atoms with Gasteiger partial charge in [0.15, 0.2) is 0 Å². The number of hydrogen-bond donors (Lipinski definition) is 1. The van der Waals surface area contributed by atoms with E-state index < -0.39 is 28.5 Å². The summed E-state index contributed by atoms with van der Waals surface area (Å²) in [6, 6.07) is 21.0. The summed E-state index contributed by atoms with van der Waals surface area (Å²) < 4.78 is 34.7. The van der Waals surface area contributed by atoms with E-state index in [9.17, 15) is 18.0 Å². The molecule has 0 aliphatic heterocycles. The summed E-state index contributed by atoms with van der Waals surface area (Å²) in [4.78, 5) is 28.4. The van der Waals surface area contributed by atoms with Crippen LogP contribution in [-0.2, 0) is 26.2 Å². The molecule has 0 aliphatic carbocycles. The fourth-order valence-corrected chi connectivity index (χ4v) is 5.64. The Kier molecular flexibility index (Phi) is 10.9. The van der Waals surface area contributed by atoms with Gasteiger partial charge in [-0.1, -0.05) is 59.6 Å². The zero-order chi connectivity index (χ0) is 28.4. The highest BCUT2D eigenvalue weighted by Crippen LogP contribution is 2.26. The van der Waals surface area contributed by atoms with Crippen LogP contribution in [-0.4, -0.2) is 51.4 Å². The lowest BCUT2D eigenvalue weighted by Gasteiger charge is -2.32. The smallest absolute Gasteiger partial charge is 0.264 e. The predicted octanol–water partition coefficient (Wildman–Crippen LogP) is 4.99. The zero-order valence-electron chi connectivity index (χ0n) is 22.3. The average molecular weight is 617 g/mol. The summed E-state index contributed by atoms with van der Waals surface area (Å²) in [6.07, 6.45) is 1.73. The number of sulfonamides is 1. The highest BCUT2D eigenvalue weighted by Gasteiger charge is 2.32. The first-order valence-electron chi connectivity index (χ1n) is 12.7. The second kappa shape index (κ2) is 14.1. The molecule has 208 valence electrons. The Morgan fingerprint density at radius 1 is 1.00 bits per heavy atom. The molecule has 8 nitrogen and oxygen atoms in total. The molecule has 0 saturated carbocycles. The number of unbranched alkanes of at least 4 members (excludes halogenated alkanes) is 1. The van der Waals surface area contributed by atoms with Gasteiger partial charge in [-0.3, -0.25) is 13.9 Å². The molecule has 0 spiro atoms. The van der Waals surface area contributed by atoms with Crippen molar-refractivity contribution < 1.29 is 22.7 Å². The van der Waals surface area contributed by atoms with Crippen molar-refractivity contribution in [3.63, 3.8) is 0 Å². The van der Waals surface area contributed by atoms with Crippen LogP contribution in [0, 0.1) is 0 Å². The van der Waals surface area contributed by atoms with Gasteiger partial charge >= 0.3 is 0 Å². The van der Waals surface area contributed by atoms with Gasteiger partial charge in [-0.25, -0.2) is 8.42 Å². The van der Waals surface area contributed by atoms with Crippen molar-refractivity contribution in [2.24, 2.45) is 0 Å². The van der Waals surface area contributed by atoms with E-state index in [4.69, 9.17) is 4.74 Å². The number of nitrogens with one attached hydrogen (secondary N) is 1. The largest absolute Gasteiger partial charge is 0.497 e. The van der Waals surface area contributed by atoms with Crippen molar-refractivity contribution in [3.05, 3.63) is 88.9 Å². The fraction of sp³-hybridized carbons (Fsp3) is 0.310. The SMILES string of the molecule is CCCCNC(=O)C(C)N(Cc1cccc(OC)c1)C(=O)CN(c1ccc(Br)cc1)S(=O)(=O)c1ccccc1. The molecule has 0 saturated heterocycles. The van der Waals surface area contributed by atoms with Crippen molar-refractivity contribution in [1.29, 1.82) is 0 Å². The van der Waals surface area contributed by atoms with E-state index in [1.165, 1.54) is 17.0 Å². The predicted molar refractivity (Wildman–Crippen MR) is 156 cm³/mol. The maximum atomic E-state index is 13.9. The standard InChI is InChI=1S/C29H34BrN3O5S/c1-4-5-18-31-29(35)22(2)32(20-23-10-9-11-26(19-23)38-3)28(34)21-33(25-16-14-24(30)15-17-25)39(36,37)27-12-7-6-8-13-27/h6-17,19,22H,4-5,18,20-21H2,1-3H3,(H,31,35).